The van der Waals surface area contributed by atoms with E-state index in [1.165, 1.54) is 7.11 Å². The van der Waals surface area contributed by atoms with Gasteiger partial charge in [0, 0.05) is 0 Å². The van der Waals surface area contributed by atoms with Crippen LogP contribution in [-0.2, 0) is 0 Å². The first-order valence-corrected chi connectivity index (χ1v) is 6.51. The highest BCUT2D eigenvalue weighted by atomic mass is 16.5. The van der Waals surface area contributed by atoms with Crippen molar-refractivity contribution >= 4 is 10.9 Å². The van der Waals surface area contributed by atoms with E-state index in [1.807, 2.05) is 19.1 Å². The van der Waals surface area contributed by atoms with Gasteiger partial charge in [0.05, 0.1) is 23.7 Å². The highest BCUT2D eigenvalue weighted by Gasteiger charge is 2.11. The second-order valence-electron chi connectivity index (χ2n) is 4.79. The molecule has 2 aromatic carbocycles. The quantitative estimate of drug-likeness (QED) is 0.782. The van der Waals surface area contributed by atoms with E-state index in [0.29, 0.717) is 22.3 Å². The first kappa shape index (κ1) is 13.2. The Balaban J connectivity index is 2.38. The molecule has 0 aliphatic heterocycles. The molecular formula is C16H14N2O3. The van der Waals surface area contributed by atoms with Crippen molar-refractivity contribution < 1.29 is 4.74 Å². The summed E-state index contributed by atoms with van der Waals surface area (Å²) in [6.07, 6.45) is 0. The fourth-order valence-corrected chi connectivity index (χ4v) is 2.31. The normalized spacial score (nSPS) is 10.8. The Morgan fingerprint density at radius 1 is 1.05 bits per heavy atom. The van der Waals surface area contributed by atoms with Crippen molar-refractivity contribution in [3.05, 3.63) is 68.9 Å². The number of methoxy groups -OCH3 is 1. The van der Waals surface area contributed by atoms with Gasteiger partial charge in [0.2, 0.25) is 0 Å². The summed E-state index contributed by atoms with van der Waals surface area (Å²) in [6.45, 7) is 1.95. The number of aryl methyl sites for hydroxylation is 1. The van der Waals surface area contributed by atoms with Crippen molar-refractivity contribution in [1.82, 2.24) is 9.55 Å². The molecule has 0 aliphatic carbocycles. The molecule has 1 heterocycles. The molecule has 0 saturated carbocycles. The van der Waals surface area contributed by atoms with Crippen LogP contribution in [0, 0.1) is 6.92 Å². The predicted molar refractivity (Wildman–Crippen MR) is 81.5 cm³/mol. The van der Waals surface area contributed by atoms with E-state index in [9.17, 15) is 9.59 Å². The van der Waals surface area contributed by atoms with Crippen LogP contribution in [0.3, 0.4) is 0 Å². The van der Waals surface area contributed by atoms with E-state index in [1.54, 1.807) is 30.3 Å². The Hall–Kier alpha value is -2.82. The van der Waals surface area contributed by atoms with Gasteiger partial charge in [0.1, 0.15) is 5.75 Å². The highest BCUT2D eigenvalue weighted by molar-refractivity contribution is 5.83. The third-order valence-electron chi connectivity index (χ3n) is 3.41. The predicted octanol–water partition coefficient (Wildman–Crippen LogP) is 2.00. The van der Waals surface area contributed by atoms with Gasteiger partial charge in [0.25, 0.3) is 5.56 Å². The van der Waals surface area contributed by atoms with Crippen LogP contribution in [0.15, 0.2) is 52.1 Å². The summed E-state index contributed by atoms with van der Waals surface area (Å²) in [5.41, 5.74) is 1.16. The number of nitrogens with zero attached hydrogens (tertiary/aromatic N) is 1. The van der Waals surface area contributed by atoms with Gasteiger partial charge in [0.15, 0.2) is 0 Å². The number of aromatic nitrogens is 2. The summed E-state index contributed by atoms with van der Waals surface area (Å²) in [5.74, 6) is 0.470. The van der Waals surface area contributed by atoms with Gasteiger partial charge in [-0.3, -0.25) is 4.79 Å². The largest absolute Gasteiger partial charge is 0.495 e. The van der Waals surface area contributed by atoms with E-state index < -0.39 is 5.69 Å². The zero-order chi connectivity index (χ0) is 15.0. The highest BCUT2D eigenvalue weighted by Crippen LogP contribution is 2.19. The second-order valence-corrected chi connectivity index (χ2v) is 4.79. The van der Waals surface area contributed by atoms with Crippen LogP contribution in [0.25, 0.3) is 16.6 Å². The van der Waals surface area contributed by atoms with Gasteiger partial charge in [-0.15, -0.1) is 0 Å². The maximum absolute atomic E-state index is 12.6. The minimum Gasteiger partial charge on any atom is -0.495 e. The van der Waals surface area contributed by atoms with Crippen LogP contribution in [0.1, 0.15) is 5.56 Å². The number of nitrogens with one attached hydrogen (secondary N) is 1. The number of benzene rings is 2. The van der Waals surface area contributed by atoms with E-state index >= 15 is 0 Å². The Kier molecular flexibility index (Phi) is 3.10. The molecule has 5 heteroatoms. The maximum atomic E-state index is 12.6. The molecule has 3 aromatic rings. The lowest BCUT2D eigenvalue weighted by molar-refractivity contribution is 0.418. The zero-order valence-corrected chi connectivity index (χ0v) is 11.7. The van der Waals surface area contributed by atoms with Crippen LogP contribution in [0.2, 0.25) is 0 Å². The molecule has 0 amide bonds. The molecule has 0 aliphatic rings. The SMILES string of the molecule is COc1cccc2c(=O)n(-c3ccc(C)cc3)c(=O)[nH]c12. The molecule has 21 heavy (non-hydrogen) atoms. The number of aromatic amines is 1. The monoisotopic (exact) mass is 282 g/mol. The molecule has 0 saturated heterocycles. The number of hydrogen-bond acceptors (Lipinski definition) is 3. The van der Waals surface area contributed by atoms with E-state index in [4.69, 9.17) is 4.74 Å². The molecular weight excluding hydrogens is 268 g/mol. The minimum atomic E-state index is -0.485. The molecule has 1 N–H and O–H groups in total. The summed E-state index contributed by atoms with van der Waals surface area (Å²) in [7, 11) is 1.50. The van der Waals surface area contributed by atoms with Crippen molar-refractivity contribution in [2.75, 3.05) is 7.11 Å². The number of rotatable bonds is 2. The fraction of sp³-hybridized carbons (Fsp3) is 0.125. The van der Waals surface area contributed by atoms with Crippen LogP contribution >= 0.6 is 0 Å². The molecule has 5 nitrogen and oxygen atoms in total. The summed E-state index contributed by atoms with van der Waals surface area (Å²) < 4.78 is 6.31. The number of para-hydroxylation sites is 1. The van der Waals surface area contributed by atoms with Crippen molar-refractivity contribution in [3.8, 4) is 11.4 Å². The van der Waals surface area contributed by atoms with Crippen LogP contribution in [-0.4, -0.2) is 16.7 Å². The average molecular weight is 282 g/mol. The molecule has 0 unspecified atom stereocenters. The third-order valence-corrected chi connectivity index (χ3v) is 3.41. The van der Waals surface area contributed by atoms with Gasteiger partial charge in [-0.05, 0) is 31.2 Å². The zero-order valence-electron chi connectivity index (χ0n) is 11.7. The molecule has 0 atom stereocenters. The van der Waals surface area contributed by atoms with Crippen LogP contribution in [0.5, 0.6) is 5.75 Å². The Morgan fingerprint density at radius 3 is 2.43 bits per heavy atom. The molecule has 106 valence electrons. The number of hydrogen-bond donors (Lipinski definition) is 1. The van der Waals surface area contributed by atoms with Crippen molar-refractivity contribution in [3.63, 3.8) is 0 Å². The Morgan fingerprint density at radius 2 is 1.76 bits per heavy atom. The van der Waals surface area contributed by atoms with E-state index in [2.05, 4.69) is 4.98 Å². The summed E-state index contributed by atoms with van der Waals surface area (Å²) in [5, 5.41) is 0.412. The van der Waals surface area contributed by atoms with Crippen molar-refractivity contribution in [1.29, 1.82) is 0 Å². The number of ether oxygens (including phenoxy) is 1. The maximum Gasteiger partial charge on any atom is 0.333 e. The van der Waals surface area contributed by atoms with Crippen LogP contribution < -0.4 is 16.0 Å². The van der Waals surface area contributed by atoms with Crippen molar-refractivity contribution in [2.45, 2.75) is 6.92 Å². The molecule has 0 fully saturated rings. The molecule has 0 bridgehead atoms. The summed E-state index contributed by atoms with van der Waals surface area (Å²) in [6, 6.07) is 12.3. The number of fused-ring (bicyclic) bond motifs is 1. The summed E-state index contributed by atoms with van der Waals surface area (Å²) in [4.78, 5) is 27.6. The first-order valence-electron chi connectivity index (χ1n) is 6.51. The lowest BCUT2D eigenvalue weighted by atomic mass is 10.2. The minimum absolute atomic E-state index is 0.364. The molecule has 0 spiro atoms. The lowest BCUT2D eigenvalue weighted by Gasteiger charge is -2.09. The average Bonchev–Trinajstić information content (AvgIpc) is 2.48. The summed E-state index contributed by atoms with van der Waals surface area (Å²) >= 11 is 0. The van der Waals surface area contributed by atoms with Gasteiger partial charge < -0.3 is 9.72 Å². The van der Waals surface area contributed by atoms with Gasteiger partial charge in [-0.2, -0.15) is 0 Å². The van der Waals surface area contributed by atoms with Gasteiger partial charge in [-0.1, -0.05) is 23.8 Å². The standard InChI is InChI=1S/C16H14N2O3/c1-10-6-8-11(9-7-10)18-15(19)12-4-3-5-13(21-2)14(12)17-16(18)20/h3-9H,1-2H3,(H,17,20). The smallest absolute Gasteiger partial charge is 0.333 e. The topological polar surface area (TPSA) is 64.1 Å². The second kappa shape index (κ2) is 4.94. The first-order chi connectivity index (χ1) is 10.1. The van der Waals surface area contributed by atoms with Crippen LogP contribution in [0.4, 0.5) is 0 Å². The van der Waals surface area contributed by atoms with E-state index in [-0.39, 0.29) is 5.56 Å². The Labute approximate surface area is 120 Å². The lowest BCUT2D eigenvalue weighted by Crippen LogP contribution is -2.33. The molecule has 0 radical (unpaired) electrons. The third kappa shape index (κ3) is 2.12. The van der Waals surface area contributed by atoms with E-state index in [0.717, 1.165) is 10.1 Å². The van der Waals surface area contributed by atoms with Crippen molar-refractivity contribution in [2.24, 2.45) is 0 Å². The fourth-order valence-electron chi connectivity index (χ4n) is 2.31. The van der Waals surface area contributed by atoms with Gasteiger partial charge in [-0.25, -0.2) is 9.36 Å². The number of H-pyrrole nitrogens is 1. The Bertz CT molecular complexity index is 921. The molecule has 1 aromatic heterocycles. The van der Waals surface area contributed by atoms with Gasteiger partial charge >= 0.3 is 5.69 Å². The molecule has 3 rings (SSSR count).